The number of carbonyl (C=O) groups excluding carboxylic acids is 2. The normalized spacial score (nSPS) is 21.0. The van der Waals surface area contributed by atoms with Crippen molar-refractivity contribution in [3.63, 3.8) is 0 Å². The first-order valence-electron chi connectivity index (χ1n) is 8.71. The van der Waals surface area contributed by atoms with Gasteiger partial charge in [-0.2, -0.15) is 5.10 Å². The van der Waals surface area contributed by atoms with Crippen LogP contribution in [0.5, 0.6) is 0 Å². The minimum atomic E-state index is -0.0950. The van der Waals surface area contributed by atoms with E-state index in [0.717, 1.165) is 30.3 Å². The Morgan fingerprint density at radius 2 is 2.17 bits per heavy atom. The summed E-state index contributed by atoms with van der Waals surface area (Å²) in [6.07, 6.45) is 5.89. The molecule has 1 aromatic heterocycles. The van der Waals surface area contributed by atoms with E-state index in [1.165, 1.54) is 12.8 Å². The molecule has 0 radical (unpaired) electrons. The minimum Gasteiger partial charge on any atom is -0.356 e. The van der Waals surface area contributed by atoms with Crippen molar-refractivity contribution in [2.45, 2.75) is 25.7 Å². The molecule has 2 aromatic rings. The lowest BCUT2D eigenvalue weighted by Crippen LogP contribution is -2.45. The number of aromatic nitrogens is 2. The maximum absolute atomic E-state index is 12.9. The van der Waals surface area contributed by atoms with E-state index in [1.807, 2.05) is 18.2 Å². The molecular formula is C18H22N4O2. The van der Waals surface area contributed by atoms with Crippen molar-refractivity contribution in [2.24, 2.45) is 11.8 Å². The average molecular weight is 326 g/mol. The number of nitrogens with zero attached hydrogens (tertiary/aromatic N) is 2. The number of para-hydroxylation sites is 1. The molecule has 1 aliphatic carbocycles. The standard InChI is InChI=1S/C18H22N4O2/c23-17(19-9-12-6-7-12)14-4-2-8-22(11-14)18(24)15-5-1-3-13-10-20-21-16(13)15/h1,3,5,10,12,14H,2,4,6-9,11H2,(H,19,23)(H,20,21)/t14-/m0/s1. The Kier molecular flexibility index (Phi) is 3.96. The van der Waals surface area contributed by atoms with E-state index in [2.05, 4.69) is 15.5 Å². The number of likely N-dealkylation sites (tertiary alicyclic amines) is 1. The van der Waals surface area contributed by atoms with Crippen molar-refractivity contribution in [3.05, 3.63) is 30.0 Å². The molecule has 2 aliphatic rings. The van der Waals surface area contributed by atoms with Gasteiger partial charge < -0.3 is 10.2 Å². The maximum atomic E-state index is 12.9. The molecule has 2 fully saturated rings. The van der Waals surface area contributed by atoms with Gasteiger partial charge in [0.25, 0.3) is 5.91 Å². The number of rotatable bonds is 4. The van der Waals surface area contributed by atoms with Gasteiger partial charge in [0.05, 0.1) is 23.2 Å². The summed E-state index contributed by atoms with van der Waals surface area (Å²) in [7, 11) is 0. The first-order chi connectivity index (χ1) is 11.7. The largest absolute Gasteiger partial charge is 0.356 e. The lowest BCUT2D eigenvalue weighted by molar-refractivity contribution is -0.126. The van der Waals surface area contributed by atoms with Gasteiger partial charge in [-0.05, 0) is 37.7 Å². The van der Waals surface area contributed by atoms with Crippen LogP contribution in [0.3, 0.4) is 0 Å². The van der Waals surface area contributed by atoms with Gasteiger partial charge in [-0.15, -0.1) is 0 Å². The van der Waals surface area contributed by atoms with E-state index < -0.39 is 0 Å². The van der Waals surface area contributed by atoms with Crippen LogP contribution in [-0.4, -0.2) is 46.5 Å². The number of piperidine rings is 1. The van der Waals surface area contributed by atoms with Crippen LogP contribution in [0.4, 0.5) is 0 Å². The van der Waals surface area contributed by atoms with Crippen molar-refractivity contribution in [2.75, 3.05) is 19.6 Å². The Bertz CT molecular complexity index is 765. The SMILES string of the molecule is O=C(NCC1CC1)[C@H]1CCCN(C(=O)c2cccc3cn[nH]c23)C1. The van der Waals surface area contributed by atoms with Gasteiger partial charge >= 0.3 is 0 Å². The van der Waals surface area contributed by atoms with Crippen LogP contribution in [0.25, 0.3) is 10.9 Å². The Hall–Kier alpha value is -2.37. The van der Waals surface area contributed by atoms with Gasteiger partial charge in [0.15, 0.2) is 0 Å². The summed E-state index contributed by atoms with van der Waals surface area (Å²) in [5.41, 5.74) is 1.40. The molecule has 0 spiro atoms. The molecule has 1 saturated heterocycles. The fourth-order valence-corrected chi connectivity index (χ4v) is 3.40. The summed E-state index contributed by atoms with van der Waals surface area (Å²) in [6, 6.07) is 5.62. The van der Waals surface area contributed by atoms with Crippen LogP contribution in [0.1, 0.15) is 36.0 Å². The Labute approximate surface area is 140 Å². The smallest absolute Gasteiger partial charge is 0.256 e. The highest BCUT2D eigenvalue weighted by Gasteiger charge is 2.30. The van der Waals surface area contributed by atoms with Crippen molar-refractivity contribution in [1.82, 2.24) is 20.4 Å². The summed E-state index contributed by atoms with van der Waals surface area (Å²) in [4.78, 5) is 27.0. The molecule has 1 atom stereocenters. The number of amides is 2. The van der Waals surface area contributed by atoms with E-state index >= 15 is 0 Å². The molecular weight excluding hydrogens is 304 g/mol. The highest BCUT2D eigenvalue weighted by Crippen LogP contribution is 2.28. The highest BCUT2D eigenvalue weighted by molar-refractivity contribution is 6.05. The molecule has 0 unspecified atom stereocenters. The number of H-pyrrole nitrogens is 1. The second kappa shape index (κ2) is 6.26. The molecule has 2 N–H and O–H groups in total. The monoisotopic (exact) mass is 326 g/mol. The Morgan fingerprint density at radius 3 is 3.00 bits per heavy atom. The van der Waals surface area contributed by atoms with E-state index in [0.29, 0.717) is 24.6 Å². The molecule has 2 heterocycles. The van der Waals surface area contributed by atoms with Gasteiger partial charge in [-0.25, -0.2) is 0 Å². The predicted molar refractivity (Wildman–Crippen MR) is 90.5 cm³/mol. The molecule has 2 amide bonds. The van der Waals surface area contributed by atoms with Crippen molar-refractivity contribution >= 4 is 22.7 Å². The van der Waals surface area contributed by atoms with Gasteiger partial charge in [-0.3, -0.25) is 14.7 Å². The van der Waals surface area contributed by atoms with E-state index in [-0.39, 0.29) is 17.7 Å². The first-order valence-corrected chi connectivity index (χ1v) is 8.71. The average Bonchev–Trinajstić information content (AvgIpc) is 3.33. The van der Waals surface area contributed by atoms with Gasteiger partial charge in [0.2, 0.25) is 5.91 Å². The zero-order chi connectivity index (χ0) is 16.5. The van der Waals surface area contributed by atoms with Crippen molar-refractivity contribution in [3.8, 4) is 0 Å². The maximum Gasteiger partial charge on any atom is 0.256 e. The number of aromatic amines is 1. The van der Waals surface area contributed by atoms with Gasteiger partial charge in [0, 0.05) is 25.0 Å². The molecule has 1 aromatic carbocycles. The third-order valence-corrected chi connectivity index (χ3v) is 5.05. The van der Waals surface area contributed by atoms with E-state index in [1.54, 1.807) is 11.1 Å². The number of hydrogen-bond donors (Lipinski definition) is 2. The molecule has 4 rings (SSSR count). The lowest BCUT2D eigenvalue weighted by Gasteiger charge is -2.32. The summed E-state index contributed by atoms with van der Waals surface area (Å²) >= 11 is 0. The number of nitrogens with one attached hydrogen (secondary N) is 2. The fourth-order valence-electron chi connectivity index (χ4n) is 3.40. The summed E-state index contributed by atoms with van der Waals surface area (Å²) in [5, 5.41) is 10.9. The van der Waals surface area contributed by atoms with Crippen LogP contribution >= 0.6 is 0 Å². The van der Waals surface area contributed by atoms with Crippen LogP contribution in [-0.2, 0) is 4.79 Å². The van der Waals surface area contributed by atoms with Crippen molar-refractivity contribution in [1.29, 1.82) is 0 Å². The van der Waals surface area contributed by atoms with Gasteiger partial charge in [0.1, 0.15) is 0 Å². The Balaban J connectivity index is 1.46. The van der Waals surface area contributed by atoms with Crippen LogP contribution in [0.15, 0.2) is 24.4 Å². The van der Waals surface area contributed by atoms with E-state index in [9.17, 15) is 9.59 Å². The number of benzene rings is 1. The molecule has 1 aliphatic heterocycles. The fraction of sp³-hybridized carbons (Fsp3) is 0.500. The van der Waals surface area contributed by atoms with Gasteiger partial charge in [-0.1, -0.05) is 12.1 Å². The summed E-state index contributed by atoms with van der Waals surface area (Å²) < 4.78 is 0. The summed E-state index contributed by atoms with van der Waals surface area (Å²) in [5.74, 6) is 0.652. The van der Waals surface area contributed by atoms with E-state index in [4.69, 9.17) is 0 Å². The van der Waals surface area contributed by atoms with Crippen LogP contribution in [0, 0.1) is 11.8 Å². The topological polar surface area (TPSA) is 78.1 Å². The predicted octanol–water partition coefficient (Wildman–Crippen LogP) is 1.94. The molecule has 0 bridgehead atoms. The molecule has 1 saturated carbocycles. The van der Waals surface area contributed by atoms with Crippen LogP contribution < -0.4 is 5.32 Å². The Morgan fingerprint density at radius 1 is 1.29 bits per heavy atom. The first kappa shape index (κ1) is 15.2. The third kappa shape index (κ3) is 3.00. The molecule has 24 heavy (non-hydrogen) atoms. The molecule has 126 valence electrons. The quantitative estimate of drug-likeness (QED) is 0.901. The van der Waals surface area contributed by atoms with Crippen LogP contribution in [0.2, 0.25) is 0 Å². The zero-order valence-corrected chi connectivity index (χ0v) is 13.6. The number of hydrogen-bond acceptors (Lipinski definition) is 3. The third-order valence-electron chi connectivity index (χ3n) is 5.05. The van der Waals surface area contributed by atoms with Crippen molar-refractivity contribution < 1.29 is 9.59 Å². The highest BCUT2D eigenvalue weighted by atomic mass is 16.2. The molecule has 6 nitrogen and oxygen atoms in total. The molecule has 6 heteroatoms. The summed E-state index contributed by atoms with van der Waals surface area (Å²) in [6.45, 7) is 1.99. The zero-order valence-electron chi connectivity index (χ0n) is 13.6. The number of carbonyl (C=O) groups is 2. The second-order valence-electron chi connectivity index (χ2n) is 6.92. The minimum absolute atomic E-state index is 0.0236. The number of fused-ring (bicyclic) bond motifs is 1. The second-order valence-corrected chi connectivity index (χ2v) is 6.92. The lowest BCUT2D eigenvalue weighted by atomic mass is 9.96.